The van der Waals surface area contributed by atoms with Crippen molar-refractivity contribution in [2.24, 2.45) is 0 Å². The van der Waals surface area contributed by atoms with Crippen molar-refractivity contribution in [1.29, 1.82) is 0 Å². The van der Waals surface area contributed by atoms with E-state index in [2.05, 4.69) is 49.6 Å². The van der Waals surface area contributed by atoms with Crippen LogP contribution in [0.3, 0.4) is 0 Å². The van der Waals surface area contributed by atoms with E-state index in [0.717, 1.165) is 41.3 Å². The lowest BCUT2D eigenvalue weighted by Crippen LogP contribution is -1.94. The number of benzene rings is 2. The summed E-state index contributed by atoms with van der Waals surface area (Å²) in [4.78, 5) is 15.9. The van der Waals surface area contributed by atoms with Gasteiger partial charge in [0.1, 0.15) is 0 Å². The van der Waals surface area contributed by atoms with E-state index in [1.54, 1.807) is 0 Å². The summed E-state index contributed by atoms with van der Waals surface area (Å²) in [6, 6.07) is 11.9. The molecule has 2 nitrogen and oxygen atoms in total. The molecule has 0 amide bonds. The highest BCUT2D eigenvalue weighted by molar-refractivity contribution is 14.1. The van der Waals surface area contributed by atoms with Gasteiger partial charge in [0.05, 0.1) is 11.3 Å². The van der Waals surface area contributed by atoms with Gasteiger partial charge in [0.25, 0.3) is 0 Å². The molecule has 0 unspecified atom stereocenters. The lowest BCUT2D eigenvalue weighted by atomic mass is 10.1. The minimum absolute atomic E-state index is 0.116. The van der Waals surface area contributed by atoms with Crippen LogP contribution in [0.2, 0.25) is 0 Å². The topological polar surface area (TPSA) is 32.9 Å². The minimum Gasteiger partial charge on any atom is -0.354 e. The number of hydrogen-bond acceptors (Lipinski definition) is 1. The highest BCUT2D eigenvalue weighted by atomic mass is 127. The Labute approximate surface area is 131 Å². The summed E-state index contributed by atoms with van der Waals surface area (Å²) in [5.74, 6) is 0.116. The van der Waals surface area contributed by atoms with E-state index in [1.165, 1.54) is 0 Å². The molecule has 1 aromatic heterocycles. The zero-order valence-corrected chi connectivity index (χ0v) is 13.4. The summed E-state index contributed by atoms with van der Waals surface area (Å²) in [5, 5.41) is 1.01. The monoisotopic (exact) mass is 423 g/mol. The van der Waals surface area contributed by atoms with E-state index in [9.17, 15) is 4.79 Å². The van der Waals surface area contributed by atoms with Crippen molar-refractivity contribution in [3.05, 3.63) is 55.6 Å². The zero-order chi connectivity index (χ0) is 13.1. The highest BCUT2D eigenvalue weighted by Gasteiger charge is 2.30. The Morgan fingerprint density at radius 1 is 1.05 bits per heavy atom. The molecule has 4 heteroatoms. The number of nitrogens with one attached hydrogen (secondary N) is 1. The molecule has 0 radical (unpaired) electrons. The number of halogens is 2. The summed E-state index contributed by atoms with van der Waals surface area (Å²) in [7, 11) is 0. The number of rotatable bonds is 0. The first-order chi connectivity index (χ1) is 9.15. The van der Waals surface area contributed by atoms with Crippen LogP contribution >= 0.6 is 38.5 Å². The second-order valence-corrected chi connectivity index (χ2v) is 6.75. The van der Waals surface area contributed by atoms with Crippen molar-refractivity contribution in [3.8, 4) is 11.3 Å². The molecule has 0 saturated heterocycles. The molecular formula is C15H7BrINO. The maximum Gasteiger partial charge on any atom is 0.196 e. The van der Waals surface area contributed by atoms with Crippen LogP contribution in [0.1, 0.15) is 15.9 Å². The van der Waals surface area contributed by atoms with Gasteiger partial charge in [-0.2, -0.15) is 0 Å². The summed E-state index contributed by atoms with van der Waals surface area (Å²) in [5.41, 5.74) is 4.54. The number of aromatic amines is 1. The van der Waals surface area contributed by atoms with Crippen molar-refractivity contribution < 1.29 is 4.79 Å². The van der Waals surface area contributed by atoms with E-state index in [0.29, 0.717) is 0 Å². The number of hydrogen-bond donors (Lipinski definition) is 1. The molecule has 0 atom stereocenters. The van der Waals surface area contributed by atoms with Crippen LogP contribution in [-0.4, -0.2) is 10.8 Å². The van der Waals surface area contributed by atoms with Gasteiger partial charge in [-0.1, -0.05) is 22.0 Å². The first-order valence-electron chi connectivity index (χ1n) is 5.81. The van der Waals surface area contributed by atoms with Gasteiger partial charge in [0.15, 0.2) is 5.78 Å². The highest BCUT2D eigenvalue weighted by Crippen LogP contribution is 2.41. The average Bonchev–Trinajstić information content (AvgIpc) is 2.86. The number of H-pyrrole nitrogens is 1. The standard InChI is InChI=1S/C15H7BrINO/c16-7-1-3-9-11(5-7)14-13(15(9)19)10-4-2-8(17)6-12(10)18-14/h1-6,18H. The maximum absolute atomic E-state index is 12.5. The number of carbonyl (C=O) groups excluding carboxylic acids is 1. The van der Waals surface area contributed by atoms with Gasteiger partial charge in [-0.15, -0.1) is 0 Å². The van der Waals surface area contributed by atoms with Crippen molar-refractivity contribution in [3.63, 3.8) is 0 Å². The van der Waals surface area contributed by atoms with Gasteiger partial charge in [-0.05, 0) is 52.9 Å². The third-order valence-corrected chi connectivity index (χ3v) is 4.65. The molecule has 1 heterocycles. The molecule has 1 aliphatic rings. The quantitative estimate of drug-likeness (QED) is 0.407. The molecule has 0 fully saturated rings. The maximum atomic E-state index is 12.5. The van der Waals surface area contributed by atoms with Crippen molar-refractivity contribution in [2.45, 2.75) is 0 Å². The van der Waals surface area contributed by atoms with Crippen molar-refractivity contribution in [1.82, 2.24) is 4.98 Å². The van der Waals surface area contributed by atoms with Crippen molar-refractivity contribution >= 4 is 55.2 Å². The normalized spacial score (nSPS) is 12.8. The average molecular weight is 424 g/mol. The lowest BCUT2D eigenvalue weighted by Gasteiger charge is -1.99. The molecule has 19 heavy (non-hydrogen) atoms. The van der Waals surface area contributed by atoms with Crippen LogP contribution in [0, 0.1) is 3.57 Å². The molecule has 1 aliphatic carbocycles. The number of ketones is 1. The molecule has 1 N–H and O–H groups in total. The molecule has 2 aromatic carbocycles. The number of carbonyl (C=O) groups is 1. The van der Waals surface area contributed by atoms with E-state index in [1.807, 2.05) is 30.3 Å². The van der Waals surface area contributed by atoms with Crippen LogP contribution in [0.5, 0.6) is 0 Å². The first kappa shape index (κ1) is 11.7. The van der Waals surface area contributed by atoms with Gasteiger partial charge in [0.2, 0.25) is 0 Å². The fourth-order valence-electron chi connectivity index (χ4n) is 2.66. The number of aromatic nitrogens is 1. The van der Waals surface area contributed by atoms with Crippen LogP contribution in [0.25, 0.3) is 22.2 Å². The first-order valence-corrected chi connectivity index (χ1v) is 7.68. The summed E-state index contributed by atoms with van der Waals surface area (Å²) in [6.45, 7) is 0. The Kier molecular flexibility index (Phi) is 2.41. The SMILES string of the molecule is O=C1c2ccc(Br)cc2-c2[nH]c3cc(I)ccc3c21. The Hall–Kier alpha value is -1.14. The molecular weight excluding hydrogens is 417 g/mol. The molecule has 3 aromatic rings. The number of fused-ring (bicyclic) bond motifs is 5. The minimum atomic E-state index is 0.116. The molecule has 0 aliphatic heterocycles. The van der Waals surface area contributed by atoms with E-state index in [-0.39, 0.29) is 5.78 Å². The Morgan fingerprint density at radius 2 is 1.89 bits per heavy atom. The smallest absolute Gasteiger partial charge is 0.196 e. The Balaban J connectivity index is 2.13. The molecule has 92 valence electrons. The summed E-state index contributed by atoms with van der Waals surface area (Å²) in [6.07, 6.45) is 0. The Morgan fingerprint density at radius 3 is 2.74 bits per heavy atom. The molecule has 0 spiro atoms. The lowest BCUT2D eigenvalue weighted by molar-refractivity contribution is 0.104. The van der Waals surface area contributed by atoms with Gasteiger partial charge in [-0.3, -0.25) is 4.79 Å². The third-order valence-electron chi connectivity index (χ3n) is 3.48. The second-order valence-electron chi connectivity index (χ2n) is 4.58. The van der Waals surface area contributed by atoms with Gasteiger partial charge >= 0.3 is 0 Å². The fraction of sp³-hybridized carbons (Fsp3) is 0. The summed E-state index contributed by atoms with van der Waals surface area (Å²) < 4.78 is 2.15. The van der Waals surface area contributed by atoms with E-state index < -0.39 is 0 Å². The van der Waals surface area contributed by atoms with Crippen LogP contribution < -0.4 is 0 Å². The van der Waals surface area contributed by atoms with Crippen LogP contribution in [0.4, 0.5) is 0 Å². The van der Waals surface area contributed by atoms with Crippen molar-refractivity contribution in [2.75, 3.05) is 0 Å². The van der Waals surface area contributed by atoms with Crippen LogP contribution in [0.15, 0.2) is 40.9 Å². The molecule has 4 rings (SSSR count). The second kappa shape index (κ2) is 3.93. The molecule has 0 saturated carbocycles. The third kappa shape index (κ3) is 1.56. The Bertz CT molecular complexity index is 866. The van der Waals surface area contributed by atoms with E-state index >= 15 is 0 Å². The fourth-order valence-corrected chi connectivity index (χ4v) is 3.52. The molecule has 0 bridgehead atoms. The predicted molar refractivity (Wildman–Crippen MR) is 87.6 cm³/mol. The van der Waals surface area contributed by atoms with Gasteiger partial charge in [0, 0.05) is 30.1 Å². The zero-order valence-electron chi connectivity index (χ0n) is 9.63. The van der Waals surface area contributed by atoms with Gasteiger partial charge < -0.3 is 4.98 Å². The predicted octanol–water partition coefficient (Wildman–Crippen LogP) is 4.75. The largest absolute Gasteiger partial charge is 0.354 e. The summed E-state index contributed by atoms with van der Waals surface area (Å²) >= 11 is 5.74. The van der Waals surface area contributed by atoms with E-state index in [4.69, 9.17) is 0 Å². The van der Waals surface area contributed by atoms with Crippen LogP contribution in [-0.2, 0) is 0 Å². The van der Waals surface area contributed by atoms with Gasteiger partial charge in [-0.25, -0.2) is 0 Å².